The molecule has 1 N–H and O–H groups in total. The van der Waals surface area contributed by atoms with Crippen LogP contribution in [0.1, 0.15) is 18.9 Å². The van der Waals surface area contributed by atoms with Crippen molar-refractivity contribution in [1.82, 2.24) is 0 Å². The van der Waals surface area contributed by atoms with E-state index in [0.29, 0.717) is 0 Å². The number of rotatable bonds is 3. The van der Waals surface area contributed by atoms with Gasteiger partial charge < -0.3 is 5.11 Å². The van der Waals surface area contributed by atoms with Crippen LogP contribution in [0.15, 0.2) is 53.0 Å². The third kappa shape index (κ3) is 2.06. The molecule has 102 valence electrons. The first-order valence-electron chi connectivity index (χ1n) is 6.64. The predicted octanol–water partition coefficient (Wildman–Crippen LogP) is 4.48. The van der Waals surface area contributed by atoms with Crippen LogP contribution in [-0.2, 0) is 10.2 Å². The van der Waals surface area contributed by atoms with Crippen molar-refractivity contribution < 1.29 is 9.90 Å². The monoisotopic (exact) mass is 330 g/mol. The van der Waals surface area contributed by atoms with Gasteiger partial charge in [-0.05, 0) is 41.2 Å². The van der Waals surface area contributed by atoms with Crippen molar-refractivity contribution in [2.75, 3.05) is 0 Å². The normalized spacial score (nSPS) is 24.4. The first-order valence-corrected chi connectivity index (χ1v) is 7.43. The maximum absolute atomic E-state index is 11.5. The zero-order valence-corrected chi connectivity index (χ0v) is 12.7. The van der Waals surface area contributed by atoms with Gasteiger partial charge in [0.05, 0.1) is 5.41 Å². The summed E-state index contributed by atoms with van der Waals surface area (Å²) in [4.78, 5) is 11.5. The van der Waals surface area contributed by atoms with Crippen LogP contribution in [0, 0.1) is 5.92 Å². The Morgan fingerprint density at radius 3 is 1.95 bits per heavy atom. The lowest BCUT2D eigenvalue weighted by Crippen LogP contribution is -2.21. The Kier molecular flexibility index (Phi) is 3.17. The summed E-state index contributed by atoms with van der Waals surface area (Å²) in [7, 11) is 0. The minimum Gasteiger partial charge on any atom is -0.481 e. The highest BCUT2D eigenvalue weighted by atomic mass is 79.9. The quantitative estimate of drug-likeness (QED) is 0.900. The summed E-state index contributed by atoms with van der Waals surface area (Å²) in [6, 6.07) is 16.0. The lowest BCUT2D eigenvalue weighted by molar-refractivity contribution is -0.140. The first kappa shape index (κ1) is 13.4. The molecule has 2 aromatic rings. The van der Waals surface area contributed by atoms with Crippen LogP contribution in [0.4, 0.5) is 0 Å². The molecule has 2 aromatic carbocycles. The zero-order chi connectivity index (χ0) is 14.3. The highest BCUT2D eigenvalue weighted by Gasteiger charge is 2.58. The van der Waals surface area contributed by atoms with Crippen LogP contribution < -0.4 is 0 Å². The predicted molar refractivity (Wildman–Crippen MR) is 82.7 cm³/mol. The summed E-state index contributed by atoms with van der Waals surface area (Å²) < 4.78 is 1.05. The second-order valence-electron chi connectivity index (χ2n) is 5.47. The molecule has 3 heteroatoms. The maximum atomic E-state index is 11.5. The maximum Gasteiger partial charge on any atom is 0.314 e. The lowest BCUT2D eigenvalue weighted by atomic mass is 9.92. The molecule has 2 nitrogen and oxygen atoms in total. The number of benzene rings is 2. The van der Waals surface area contributed by atoms with Gasteiger partial charge in [0.15, 0.2) is 0 Å². The van der Waals surface area contributed by atoms with Gasteiger partial charge in [0.25, 0.3) is 0 Å². The van der Waals surface area contributed by atoms with Crippen LogP contribution in [0.25, 0.3) is 11.1 Å². The lowest BCUT2D eigenvalue weighted by Gasteiger charge is -2.12. The molecule has 0 amide bonds. The van der Waals surface area contributed by atoms with Crippen LogP contribution in [0.2, 0.25) is 0 Å². The molecule has 0 heterocycles. The zero-order valence-electron chi connectivity index (χ0n) is 11.1. The van der Waals surface area contributed by atoms with E-state index < -0.39 is 11.4 Å². The molecule has 2 unspecified atom stereocenters. The highest BCUT2D eigenvalue weighted by molar-refractivity contribution is 9.10. The largest absolute Gasteiger partial charge is 0.481 e. The van der Waals surface area contributed by atoms with Crippen molar-refractivity contribution in [2.24, 2.45) is 5.92 Å². The van der Waals surface area contributed by atoms with Crippen LogP contribution in [0.5, 0.6) is 0 Å². The Morgan fingerprint density at radius 1 is 1.10 bits per heavy atom. The van der Waals surface area contributed by atoms with E-state index in [2.05, 4.69) is 15.9 Å². The Labute approximate surface area is 126 Å². The summed E-state index contributed by atoms with van der Waals surface area (Å²) in [5, 5.41) is 9.44. The summed E-state index contributed by atoms with van der Waals surface area (Å²) in [6.45, 7) is 2.00. The molecule has 1 aliphatic carbocycles. The molecule has 3 rings (SSSR count). The fourth-order valence-corrected chi connectivity index (χ4v) is 3.11. The third-order valence-corrected chi connectivity index (χ3v) is 4.80. The molecular formula is C17H15BrO2. The van der Waals surface area contributed by atoms with Crippen molar-refractivity contribution in [3.05, 3.63) is 58.6 Å². The SMILES string of the molecule is CC1CC1(C(=O)O)c1ccc(-c2ccc(Br)cc2)cc1. The van der Waals surface area contributed by atoms with Gasteiger partial charge in [0.2, 0.25) is 0 Å². The van der Waals surface area contributed by atoms with E-state index in [-0.39, 0.29) is 5.92 Å². The molecule has 2 atom stereocenters. The van der Waals surface area contributed by atoms with E-state index in [9.17, 15) is 9.90 Å². The fourth-order valence-electron chi connectivity index (χ4n) is 2.85. The summed E-state index contributed by atoms with van der Waals surface area (Å²) in [5.74, 6) is -0.486. The molecule has 1 saturated carbocycles. The van der Waals surface area contributed by atoms with Gasteiger partial charge in [-0.1, -0.05) is 59.3 Å². The average Bonchev–Trinajstić information content (AvgIpc) is 3.13. The minimum absolute atomic E-state index is 0.221. The van der Waals surface area contributed by atoms with E-state index in [1.807, 2.05) is 55.5 Å². The second kappa shape index (κ2) is 4.74. The number of carboxylic acid groups (broad SMARTS) is 1. The Bertz CT molecular complexity index is 646. The number of hydrogen-bond donors (Lipinski definition) is 1. The molecule has 0 spiro atoms. The molecule has 1 fully saturated rings. The number of aliphatic carboxylic acids is 1. The summed E-state index contributed by atoms with van der Waals surface area (Å²) in [6.07, 6.45) is 0.736. The van der Waals surface area contributed by atoms with Gasteiger partial charge in [-0.2, -0.15) is 0 Å². The highest BCUT2D eigenvalue weighted by Crippen LogP contribution is 2.54. The molecule has 0 saturated heterocycles. The topological polar surface area (TPSA) is 37.3 Å². The van der Waals surface area contributed by atoms with Crippen molar-refractivity contribution in [1.29, 1.82) is 0 Å². The van der Waals surface area contributed by atoms with E-state index in [1.165, 1.54) is 0 Å². The molecule has 0 aromatic heterocycles. The van der Waals surface area contributed by atoms with Crippen molar-refractivity contribution in [3.63, 3.8) is 0 Å². The smallest absolute Gasteiger partial charge is 0.314 e. The number of hydrogen-bond acceptors (Lipinski definition) is 1. The second-order valence-corrected chi connectivity index (χ2v) is 6.38. The number of carbonyl (C=O) groups is 1. The standard InChI is InChI=1S/C17H15BrO2/c1-11-10-17(11,16(19)20)14-6-2-12(3-7-14)13-4-8-15(18)9-5-13/h2-9,11H,10H2,1H3,(H,19,20). The Balaban J connectivity index is 1.92. The van der Waals surface area contributed by atoms with Gasteiger partial charge in [0, 0.05) is 4.47 Å². The molecule has 0 aliphatic heterocycles. The van der Waals surface area contributed by atoms with E-state index in [4.69, 9.17) is 0 Å². The minimum atomic E-state index is -0.707. The van der Waals surface area contributed by atoms with E-state index in [1.54, 1.807) is 0 Å². The molecule has 0 radical (unpaired) electrons. The van der Waals surface area contributed by atoms with E-state index >= 15 is 0 Å². The van der Waals surface area contributed by atoms with Crippen molar-refractivity contribution in [2.45, 2.75) is 18.8 Å². The van der Waals surface area contributed by atoms with Gasteiger partial charge in [-0.3, -0.25) is 4.79 Å². The summed E-state index contributed by atoms with van der Waals surface area (Å²) >= 11 is 3.42. The van der Waals surface area contributed by atoms with Crippen molar-refractivity contribution in [3.8, 4) is 11.1 Å². The molecule has 1 aliphatic rings. The first-order chi connectivity index (χ1) is 9.54. The molecular weight excluding hydrogens is 316 g/mol. The van der Waals surface area contributed by atoms with Gasteiger partial charge >= 0.3 is 5.97 Å². The molecule has 0 bridgehead atoms. The van der Waals surface area contributed by atoms with Gasteiger partial charge in [-0.15, -0.1) is 0 Å². The van der Waals surface area contributed by atoms with Crippen LogP contribution in [-0.4, -0.2) is 11.1 Å². The fraction of sp³-hybridized carbons (Fsp3) is 0.235. The van der Waals surface area contributed by atoms with Crippen LogP contribution >= 0.6 is 15.9 Å². The van der Waals surface area contributed by atoms with Crippen LogP contribution in [0.3, 0.4) is 0 Å². The number of halogens is 1. The Hall–Kier alpha value is -1.61. The summed E-state index contributed by atoms with van der Waals surface area (Å²) in [5.41, 5.74) is 2.50. The average molecular weight is 331 g/mol. The number of carboxylic acids is 1. The van der Waals surface area contributed by atoms with Crippen molar-refractivity contribution >= 4 is 21.9 Å². The van der Waals surface area contributed by atoms with Gasteiger partial charge in [-0.25, -0.2) is 0 Å². The van der Waals surface area contributed by atoms with E-state index in [0.717, 1.165) is 27.6 Å². The Morgan fingerprint density at radius 2 is 1.55 bits per heavy atom. The third-order valence-electron chi connectivity index (χ3n) is 4.27. The van der Waals surface area contributed by atoms with Gasteiger partial charge in [0.1, 0.15) is 0 Å². The molecule has 20 heavy (non-hydrogen) atoms.